The molecule has 4 aromatic rings. The second-order valence-corrected chi connectivity index (χ2v) is 8.15. The number of ether oxygens (including phenoxy) is 1. The van der Waals surface area contributed by atoms with Crippen molar-refractivity contribution >= 4 is 34.3 Å². The fourth-order valence-electron chi connectivity index (χ4n) is 3.81. The quantitative estimate of drug-likeness (QED) is 0.308. The summed E-state index contributed by atoms with van der Waals surface area (Å²) in [6.07, 6.45) is 0. The van der Waals surface area contributed by atoms with E-state index in [1.165, 1.54) is 6.92 Å². The number of amides is 1. The number of aryl methyl sites for hydroxylation is 2. The lowest BCUT2D eigenvalue weighted by Gasteiger charge is -2.12. The summed E-state index contributed by atoms with van der Waals surface area (Å²) in [7, 11) is 0. The number of para-hydroxylation sites is 1. The van der Waals surface area contributed by atoms with Crippen LogP contribution in [0.2, 0.25) is 0 Å². The van der Waals surface area contributed by atoms with Gasteiger partial charge in [0.1, 0.15) is 0 Å². The molecule has 1 N–H and O–H groups in total. The summed E-state index contributed by atoms with van der Waals surface area (Å²) in [5, 5.41) is 3.30. The molecule has 0 aliphatic rings. The second-order valence-electron chi connectivity index (χ2n) is 8.15. The highest BCUT2D eigenvalue weighted by atomic mass is 16.5. The van der Waals surface area contributed by atoms with Crippen molar-refractivity contribution in [2.45, 2.75) is 20.8 Å². The third kappa shape index (κ3) is 5.02. The number of anilines is 1. The molecule has 0 fully saturated rings. The number of hydrogen-bond donors (Lipinski definition) is 1. The molecule has 0 radical (unpaired) electrons. The lowest BCUT2D eigenvalue weighted by atomic mass is 9.99. The number of benzene rings is 3. The Bertz CT molecular complexity index is 1430. The first kappa shape index (κ1) is 22.9. The second kappa shape index (κ2) is 9.67. The minimum atomic E-state index is -0.614. The molecule has 170 valence electrons. The normalized spacial score (nSPS) is 10.7. The van der Waals surface area contributed by atoms with Crippen LogP contribution in [0.5, 0.6) is 0 Å². The van der Waals surface area contributed by atoms with Crippen LogP contribution < -0.4 is 5.32 Å². The summed E-state index contributed by atoms with van der Waals surface area (Å²) in [6.45, 7) is 5.02. The molecule has 34 heavy (non-hydrogen) atoms. The van der Waals surface area contributed by atoms with E-state index in [4.69, 9.17) is 9.72 Å². The SMILES string of the molecule is CC(=O)c1cccc(NC(=O)COC(=O)c2cc(-c3ccc(C)cc3C)nc3ccccc23)c1. The van der Waals surface area contributed by atoms with Crippen LogP contribution in [0.3, 0.4) is 0 Å². The van der Waals surface area contributed by atoms with Crippen LogP contribution in [0, 0.1) is 13.8 Å². The Kier molecular flexibility index (Phi) is 6.50. The molecule has 4 rings (SSSR count). The summed E-state index contributed by atoms with van der Waals surface area (Å²) in [4.78, 5) is 41.7. The first-order valence-corrected chi connectivity index (χ1v) is 10.9. The molecule has 0 atom stereocenters. The van der Waals surface area contributed by atoms with Crippen molar-refractivity contribution in [1.29, 1.82) is 0 Å². The van der Waals surface area contributed by atoms with Crippen molar-refractivity contribution < 1.29 is 19.1 Å². The first-order valence-electron chi connectivity index (χ1n) is 10.9. The third-order valence-corrected chi connectivity index (χ3v) is 5.48. The van der Waals surface area contributed by atoms with E-state index in [2.05, 4.69) is 11.4 Å². The number of nitrogens with zero attached hydrogens (tertiary/aromatic N) is 1. The summed E-state index contributed by atoms with van der Waals surface area (Å²) < 4.78 is 5.34. The van der Waals surface area contributed by atoms with Gasteiger partial charge in [0.15, 0.2) is 12.4 Å². The van der Waals surface area contributed by atoms with Gasteiger partial charge in [0.25, 0.3) is 5.91 Å². The van der Waals surface area contributed by atoms with Gasteiger partial charge in [-0.1, -0.05) is 54.1 Å². The monoisotopic (exact) mass is 452 g/mol. The van der Waals surface area contributed by atoms with E-state index in [1.54, 1.807) is 36.4 Å². The molecular formula is C28H24N2O4. The number of carbonyl (C=O) groups excluding carboxylic acids is 3. The van der Waals surface area contributed by atoms with E-state index >= 15 is 0 Å². The Hall–Kier alpha value is -4.32. The molecule has 6 nitrogen and oxygen atoms in total. The van der Waals surface area contributed by atoms with Gasteiger partial charge in [-0.15, -0.1) is 0 Å². The van der Waals surface area contributed by atoms with Crippen molar-refractivity contribution in [3.05, 3.63) is 95.1 Å². The first-order chi connectivity index (χ1) is 16.3. The van der Waals surface area contributed by atoms with E-state index < -0.39 is 18.5 Å². The number of aromatic nitrogens is 1. The fourth-order valence-corrected chi connectivity index (χ4v) is 3.81. The predicted molar refractivity (Wildman–Crippen MR) is 132 cm³/mol. The molecule has 6 heteroatoms. The van der Waals surface area contributed by atoms with Gasteiger partial charge >= 0.3 is 5.97 Å². The molecule has 1 amide bonds. The Balaban J connectivity index is 1.56. The van der Waals surface area contributed by atoms with E-state index in [0.717, 1.165) is 16.7 Å². The molecule has 0 unspecified atom stereocenters. The molecule has 1 aromatic heterocycles. The molecule has 0 saturated heterocycles. The lowest BCUT2D eigenvalue weighted by Crippen LogP contribution is -2.21. The average Bonchev–Trinajstić information content (AvgIpc) is 2.82. The highest BCUT2D eigenvalue weighted by molar-refractivity contribution is 6.05. The molecule has 3 aromatic carbocycles. The van der Waals surface area contributed by atoms with E-state index in [1.807, 2.05) is 44.2 Å². The van der Waals surface area contributed by atoms with Gasteiger partial charge in [0.2, 0.25) is 0 Å². The standard InChI is InChI=1S/C28H24N2O4/c1-17-11-12-22(18(2)13-17)26-15-24(23-9-4-5-10-25(23)30-26)28(33)34-16-27(32)29-21-8-6-7-20(14-21)19(3)31/h4-15H,16H2,1-3H3,(H,29,32). The minimum Gasteiger partial charge on any atom is -0.452 e. The highest BCUT2D eigenvalue weighted by Gasteiger charge is 2.17. The number of esters is 1. The molecule has 0 spiro atoms. The van der Waals surface area contributed by atoms with Gasteiger partial charge in [-0.2, -0.15) is 0 Å². The number of carbonyl (C=O) groups is 3. The maximum absolute atomic E-state index is 13.0. The van der Waals surface area contributed by atoms with Crippen LogP contribution in [-0.4, -0.2) is 29.3 Å². The molecule has 0 bridgehead atoms. The van der Waals surface area contributed by atoms with Gasteiger partial charge in [-0.25, -0.2) is 9.78 Å². The smallest absolute Gasteiger partial charge is 0.339 e. The fraction of sp³-hybridized carbons (Fsp3) is 0.143. The summed E-state index contributed by atoms with van der Waals surface area (Å²) in [6, 6.07) is 21.7. The number of ketones is 1. The predicted octanol–water partition coefficient (Wildman–Crippen LogP) is 5.52. The maximum Gasteiger partial charge on any atom is 0.339 e. The Morgan fingerprint density at radius 1 is 0.912 bits per heavy atom. The zero-order valence-electron chi connectivity index (χ0n) is 19.2. The highest BCUT2D eigenvalue weighted by Crippen LogP contribution is 2.28. The van der Waals surface area contributed by atoms with Crippen LogP contribution in [0.4, 0.5) is 5.69 Å². The summed E-state index contributed by atoms with van der Waals surface area (Å²) >= 11 is 0. The number of pyridine rings is 1. The van der Waals surface area contributed by atoms with E-state index in [0.29, 0.717) is 33.4 Å². The Morgan fingerprint density at radius 3 is 2.47 bits per heavy atom. The van der Waals surface area contributed by atoms with E-state index in [-0.39, 0.29) is 5.78 Å². The van der Waals surface area contributed by atoms with Crippen LogP contribution >= 0.6 is 0 Å². The van der Waals surface area contributed by atoms with Crippen LogP contribution in [0.1, 0.15) is 38.8 Å². The van der Waals surface area contributed by atoms with Crippen molar-refractivity contribution in [3.8, 4) is 11.3 Å². The third-order valence-electron chi connectivity index (χ3n) is 5.48. The zero-order chi connectivity index (χ0) is 24.2. The van der Waals surface area contributed by atoms with Crippen molar-refractivity contribution in [3.63, 3.8) is 0 Å². The van der Waals surface area contributed by atoms with Gasteiger partial charge in [0, 0.05) is 22.2 Å². The number of nitrogens with one attached hydrogen (secondary N) is 1. The maximum atomic E-state index is 13.0. The number of Topliss-reactive ketones (excluding diaryl/α,β-unsaturated/α-hetero) is 1. The average molecular weight is 453 g/mol. The molecular weight excluding hydrogens is 428 g/mol. The van der Waals surface area contributed by atoms with Crippen LogP contribution in [0.15, 0.2) is 72.8 Å². The number of rotatable bonds is 6. The largest absolute Gasteiger partial charge is 0.452 e. The van der Waals surface area contributed by atoms with Gasteiger partial charge in [0.05, 0.1) is 16.8 Å². The van der Waals surface area contributed by atoms with Gasteiger partial charge in [-0.05, 0) is 50.6 Å². The zero-order valence-corrected chi connectivity index (χ0v) is 19.2. The van der Waals surface area contributed by atoms with Crippen molar-refractivity contribution in [1.82, 2.24) is 4.98 Å². The summed E-state index contributed by atoms with van der Waals surface area (Å²) in [5.41, 5.74) is 5.72. The number of fused-ring (bicyclic) bond motifs is 1. The lowest BCUT2D eigenvalue weighted by molar-refractivity contribution is -0.119. The Labute approximate surface area is 197 Å². The van der Waals surface area contributed by atoms with Gasteiger partial charge in [-0.3, -0.25) is 9.59 Å². The van der Waals surface area contributed by atoms with Crippen molar-refractivity contribution in [2.24, 2.45) is 0 Å². The van der Waals surface area contributed by atoms with Crippen LogP contribution in [0.25, 0.3) is 22.2 Å². The molecule has 1 heterocycles. The van der Waals surface area contributed by atoms with Crippen molar-refractivity contribution in [2.75, 3.05) is 11.9 Å². The molecule has 0 aliphatic carbocycles. The Morgan fingerprint density at radius 2 is 1.71 bits per heavy atom. The minimum absolute atomic E-state index is 0.105. The topological polar surface area (TPSA) is 85.4 Å². The van der Waals surface area contributed by atoms with Gasteiger partial charge < -0.3 is 10.1 Å². The summed E-state index contributed by atoms with van der Waals surface area (Å²) in [5.74, 6) is -1.22. The van der Waals surface area contributed by atoms with E-state index in [9.17, 15) is 14.4 Å². The molecule has 0 aliphatic heterocycles. The van der Waals surface area contributed by atoms with Crippen LogP contribution in [-0.2, 0) is 9.53 Å². The molecule has 0 saturated carbocycles. The number of hydrogen-bond acceptors (Lipinski definition) is 5.